The van der Waals surface area contributed by atoms with Crippen LogP contribution in [-0.2, 0) is 17.4 Å². The number of benzene rings is 2. The van der Waals surface area contributed by atoms with E-state index in [1.807, 2.05) is 0 Å². The Bertz CT molecular complexity index is 1170. The summed E-state index contributed by atoms with van der Waals surface area (Å²) in [5.41, 5.74) is -1.05. The summed E-state index contributed by atoms with van der Waals surface area (Å²) < 4.78 is 43.7. The van der Waals surface area contributed by atoms with Gasteiger partial charge in [-0.05, 0) is 68.1 Å². The van der Waals surface area contributed by atoms with E-state index in [4.69, 9.17) is 27.9 Å². The van der Waals surface area contributed by atoms with E-state index in [1.165, 1.54) is 43.4 Å². The van der Waals surface area contributed by atoms with Gasteiger partial charge < -0.3 is 19.7 Å². The van der Waals surface area contributed by atoms with E-state index in [2.05, 4.69) is 0 Å². The van der Waals surface area contributed by atoms with Crippen LogP contribution in [0.3, 0.4) is 0 Å². The minimum Gasteiger partial charge on any atom is -0.546 e. The lowest BCUT2D eigenvalue weighted by molar-refractivity contribution is -0.320. The van der Waals surface area contributed by atoms with E-state index < -0.39 is 29.4 Å². The number of rotatable bonds is 8. The van der Waals surface area contributed by atoms with E-state index in [1.54, 1.807) is 18.2 Å². The number of carbonyl (C=O) groups is 1. The Morgan fingerprint density at radius 1 is 1.06 bits per heavy atom. The first-order chi connectivity index (χ1) is 15.8. The van der Waals surface area contributed by atoms with Crippen molar-refractivity contribution in [3.05, 3.63) is 74.6 Å². The fourth-order valence-corrected chi connectivity index (χ4v) is 4.61. The molecule has 1 aromatic heterocycles. The number of aryl methyl sites for hydroxylation is 1. The molecule has 4 nitrogen and oxygen atoms in total. The molecule has 0 amide bonds. The fraction of sp³-hybridized carbons (Fsp3) is 0.292. The highest BCUT2D eigenvalue weighted by Gasteiger charge is 2.30. The van der Waals surface area contributed by atoms with Crippen LogP contribution in [0.5, 0.6) is 5.75 Å². The number of aliphatic hydroxyl groups excluding tert-OH is 1. The van der Waals surface area contributed by atoms with E-state index >= 15 is 0 Å². The second kappa shape index (κ2) is 10.2. The molecule has 0 aliphatic carbocycles. The minimum absolute atomic E-state index is 0.0590. The Labute approximate surface area is 208 Å². The maximum atomic E-state index is 12.8. The molecule has 0 radical (unpaired) electrons. The van der Waals surface area contributed by atoms with Gasteiger partial charge in [0.05, 0.1) is 22.7 Å². The van der Waals surface area contributed by atoms with Crippen LogP contribution >= 0.6 is 34.5 Å². The Morgan fingerprint density at radius 2 is 1.71 bits per heavy atom. The number of hydrogen-bond donors (Lipinski definition) is 1. The van der Waals surface area contributed by atoms with Crippen LogP contribution in [0.25, 0.3) is 10.4 Å². The predicted molar refractivity (Wildman–Crippen MR) is 124 cm³/mol. The van der Waals surface area contributed by atoms with Gasteiger partial charge in [0.15, 0.2) is 0 Å². The Hall–Kier alpha value is -2.26. The van der Waals surface area contributed by atoms with Crippen molar-refractivity contribution in [3.63, 3.8) is 0 Å². The zero-order chi connectivity index (χ0) is 25.3. The number of ether oxygens (including phenoxy) is 1. The average molecular weight is 532 g/mol. The number of carbonyl (C=O) groups excluding carboxylic acids is 1. The van der Waals surface area contributed by atoms with Crippen molar-refractivity contribution >= 4 is 40.5 Å². The van der Waals surface area contributed by atoms with E-state index in [-0.39, 0.29) is 15.8 Å². The zero-order valence-corrected chi connectivity index (χ0v) is 20.4. The van der Waals surface area contributed by atoms with Gasteiger partial charge >= 0.3 is 6.18 Å². The molecule has 0 aliphatic rings. The molecular weight excluding hydrogens is 512 g/mol. The molecule has 0 saturated heterocycles. The number of aliphatic hydroxyl groups is 1. The summed E-state index contributed by atoms with van der Waals surface area (Å²) in [7, 11) is 0. The lowest BCUT2D eigenvalue weighted by atomic mass is 10.1. The number of aliphatic carboxylic acids is 1. The molecule has 1 heterocycles. The lowest BCUT2D eigenvalue weighted by Gasteiger charge is -2.28. The number of halogens is 5. The Balaban J connectivity index is 1.67. The van der Waals surface area contributed by atoms with Crippen molar-refractivity contribution in [1.29, 1.82) is 0 Å². The van der Waals surface area contributed by atoms with Gasteiger partial charge in [0.1, 0.15) is 16.4 Å². The summed E-state index contributed by atoms with van der Waals surface area (Å²) in [6.45, 7) is 2.66. The topological polar surface area (TPSA) is 69.6 Å². The Kier molecular flexibility index (Phi) is 7.87. The van der Waals surface area contributed by atoms with Crippen LogP contribution in [0.4, 0.5) is 13.2 Å². The first kappa shape index (κ1) is 26.3. The third-order valence-corrected chi connectivity index (χ3v) is 7.26. The van der Waals surface area contributed by atoms with Gasteiger partial charge in [-0.1, -0.05) is 41.4 Å². The molecule has 10 heteroatoms. The molecule has 0 bridgehead atoms. The van der Waals surface area contributed by atoms with Crippen molar-refractivity contribution in [2.45, 2.75) is 44.6 Å². The van der Waals surface area contributed by atoms with Crippen LogP contribution in [0, 0.1) is 0 Å². The molecule has 34 heavy (non-hydrogen) atoms. The van der Waals surface area contributed by atoms with Gasteiger partial charge in [0.25, 0.3) is 0 Å². The molecule has 1 N–H and O–H groups in total. The number of alkyl halides is 3. The molecule has 0 aliphatic heterocycles. The first-order valence-corrected chi connectivity index (χ1v) is 11.7. The van der Waals surface area contributed by atoms with Gasteiger partial charge in [0, 0.05) is 9.75 Å². The third kappa shape index (κ3) is 6.05. The zero-order valence-electron chi connectivity index (χ0n) is 18.1. The molecule has 1 unspecified atom stereocenters. The van der Waals surface area contributed by atoms with Gasteiger partial charge in [-0.25, -0.2) is 0 Å². The summed E-state index contributed by atoms with van der Waals surface area (Å²) in [5, 5.41) is 22.0. The van der Waals surface area contributed by atoms with Crippen molar-refractivity contribution in [3.8, 4) is 16.2 Å². The van der Waals surface area contributed by atoms with Crippen molar-refractivity contribution in [2.24, 2.45) is 0 Å². The normalized spacial score (nSPS) is 13.1. The maximum absolute atomic E-state index is 12.8. The number of hydrogen-bond acceptors (Lipinski definition) is 5. The average Bonchev–Trinajstić information content (AvgIpc) is 3.26. The second-order valence-electron chi connectivity index (χ2n) is 8.08. The van der Waals surface area contributed by atoms with Crippen LogP contribution in [0.1, 0.15) is 42.4 Å². The highest BCUT2D eigenvalue weighted by Crippen LogP contribution is 2.39. The fourth-order valence-electron chi connectivity index (χ4n) is 3.11. The van der Waals surface area contributed by atoms with Crippen LogP contribution in [0.15, 0.2) is 48.5 Å². The summed E-state index contributed by atoms with van der Waals surface area (Å²) in [4.78, 5) is 12.6. The smallest absolute Gasteiger partial charge is 0.416 e. The van der Waals surface area contributed by atoms with E-state index in [9.17, 15) is 28.2 Å². The predicted octanol–water partition coefficient (Wildman–Crippen LogP) is 6.31. The maximum Gasteiger partial charge on any atom is 0.416 e. The molecule has 0 spiro atoms. The summed E-state index contributed by atoms with van der Waals surface area (Å²) in [6, 6.07) is 11.5. The molecule has 182 valence electrons. The lowest BCUT2D eigenvalue weighted by Crippen LogP contribution is -2.48. The molecular formula is C24H20Cl2F3O4S-. The van der Waals surface area contributed by atoms with Crippen molar-refractivity contribution in [2.75, 3.05) is 0 Å². The van der Waals surface area contributed by atoms with E-state index in [0.29, 0.717) is 28.8 Å². The Morgan fingerprint density at radius 3 is 2.29 bits per heavy atom. The molecule has 0 saturated carbocycles. The molecule has 3 rings (SSSR count). The van der Waals surface area contributed by atoms with E-state index in [0.717, 1.165) is 17.0 Å². The van der Waals surface area contributed by atoms with Crippen molar-refractivity contribution < 1.29 is 32.9 Å². The van der Waals surface area contributed by atoms with Gasteiger partial charge in [0.2, 0.25) is 0 Å². The van der Waals surface area contributed by atoms with Crippen LogP contribution in [-0.4, -0.2) is 16.7 Å². The first-order valence-electron chi connectivity index (χ1n) is 10.1. The molecule has 1 atom stereocenters. The third-order valence-electron chi connectivity index (χ3n) is 5.12. The quantitative estimate of drug-likeness (QED) is 0.369. The van der Waals surface area contributed by atoms with Crippen molar-refractivity contribution in [1.82, 2.24) is 0 Å². The SMILES string of the molecule is CC(C)(Oc1ccc(CCC(O)c2ccc(-c3ccc(C(F)(F)F)cc3)s2)c(Cl)c1Cl)C(=O)[O-]. The molecule has 2 aromatic carbocycles. The van der Waals surface area contributed by atoms with Gasteiger partial charge in [-0.2, -0.15) is 13.2 Å². The highest BCUT2D eigenvalue weighted by atomic mass is 35.5. The summed E-state index contributed by atoms with van der Waals surface area (Å²) in [6.07, 6.45) is -4.53. The standard InChI is InChI=1S/C24H21Cl2F3O4S/c1-23(2,22(31)32)33-17-10-6-14(20(25)21(17)26)5-9-16(30)19-12-11-18(34-19)13-3-7-15(8-4-13)24(27,28)29/h3-4,6-8,10-12,16,30H,5,9H2,1-2H3,(H,31,32)/p-1. The summed E-state index contributed by atoms with van der Waals surface area (Å²) >= 11 is 13.9. The summed E-state index contributed by atoms with van der Waals surface area (Å²) in [5.74, 6) is -1.30. The van der Waals surface area contributed by atoms with Crippen LogP contribution < -0.4 is 9.84 Å². The second-order valence-corrected chi connectivity index (χ2v) is 9.95. The highest BCUT2D eigenvalue weighted by molar-refractivity contribution is 7.15. The number of thiophene rings is 1. The number of carboxylic acid groups (broad SMARTS) is 1. The minimum atomic E-state index is -4.40. The van der Waals surface area contributed by atoms with Crippen LogP contribution in [0.2, 0.25) is 10.0 Å². The largest absolute Gasteiger partial charge is 0.546 e. The van der Waals surface area contributed by atoms with Gasteiger partial charge in [-0.15, -0.1) is 11.3 Å². The van der Waals surface area contributed by atoms with Gasteiger partial charge in [-0.3, -0.25) is 0 Å². The molecule has 0 fully saturated rings. The number of carboxylic acids is 1. The monoisotopic (exact) mass is 531 g/mol. The molecule has 3 aromatic rings.